The zero-order chi connectivity index (χ0) is 11.0. The van der Waals surface area contributed by atoms with Crippen LogP contribution in [-0.4, -0.2) is 4.98 Å². The van der Waals surface area contributed by atoms with Crippen LogP contribution in [0.4, 0.5) is 0 Å². The number of aromatic nitrogens is 1. The van der Waals surface area contributed by atoms with E-state index in [9.17, 15) is 0 Å². The molecule has 0 N–H and O–H groups in total. The Morgan fingerprint density at radius 2 is 1.93 bits per heavy atom. The Balaban J connectivity index is 3.05. The van der Waals surface area contributed by atoms with Crippen molar-refractivity contribution >= 4 is 10.8 Å². The van der Waals surface area contributed by atoms with Crippen molar-refractivity contribution < 1.29 is 0 Å². The molecule has 0 fully saturated rings. The molecule has 0 aliphatic rings. The van der Waals surface area contributed by atoms with E-state index in [1.807, 2.05) is 13.0 Å². The summed E-state index contributed by atoms with van der Waals surface area (Å²) in [6.07, 6.45) is 1.70. The van der Waals surface area contributed by atoms with Gasteiger partial charge in [0.05, 0.1) is 0 Å². The van der Waals surface area contributed by atoms with Gasteiger partial charge in [0.1, 0.15) is 11.8 Å². The van der Waals surface area contributed by atoms with Crippen molar-refractivity contribution in [3.05, 3.63) is 40.7 Å². The maximum absolute atomic E-state index is 9.03. The summed E-state index contributed by atoms with van der Waals surface area (Å²) in [7, 11) is 0. The summed E-state index contributed by atoms with van der Waals surface area (Å²) in [6, 6.07) is 6.28. The van der Waals surface area contributed by atoms with Gasteiger partial charge in [-0.2, -0.15) is 5.26 Å². The monoisotopic (exact) mass is 196 g/mol. The lowest BCUT2D eigenvalue weighted by molar-refractivity contribution is 1.26. The fourth-order valence-electron chi connectivity index (χ4n) is 1.96. The third-order valence-electron chi connectivity index (χ3n) is 2.88. The van der Waals surface area contributed by atoms with Gasteiger partial charge in [-0.25, -0.2) is 4.98 Å². The van der Waals surface area contributed by atoms with Gasteiger partial charge in [0.25, 0.3) is 0 Å². The van der Waals surface area contributed by atoms with E-state index in [1.54, 1.807) is 6.20 Å². The number of benzene rings is 1. The summed E-state index contributed by atoms with van der Waals surface area (Å²) in [6.45, 7) is 6.17. The average molecular weight is 196 g/mol. The van der Waals surface area contributed by atoms with Crippen LogP contribution in [0.3, 0.4) is 0 Å². The molecular formula is C13H12N2. The second kappa shape index (κ2) is 3.36. The van der Waals surface area contributed by atoms with Gasteiger partial charge in [0, 0.05) is 11.6 Å². The highest BCUT2D eigenvalue weighted by Crippen LogP contribution is 2.26. The van der Waals surface area contributed by atoms with Crippen molar-refractivity contribution in [1.29, 1.82) is 5.26 Å². The van der Waals surface area contributed by atoms with E-state index in [2.05, 4.69) is 31.0 Å². The van der Waals surface area contributed by atoms with Crippen LogP contribution in [0.25, 0.3) is 10.8 Å². The predicted octanol–water partition coefficient (Wildman–Crippen LogP) is 3.03. The normalized spacial score (nSPS) is 10.3. The fraction of sp³-hybridized carbons (Fsp3) is 0.231. The molecule has 0 unspecified atom stereocenters. The Bertz CT molecular complexity index is 577. The molecule has 74 valence electrons. The first-order chi connectivity index (χ1) is 7.15. The summed E-state index contributed by atoms with van der Waals surface area (Å²) in [5, 5.41) is 11.2. The lowest BCUT2D eigenvalue weighted by Crippen LogP contribution is -1.93. The first-order valence-corrected chi connectivity index (χ1v) is 4.90. The lowest BCUT2D eigenvalue weighted by atomic mass is 9.96. The van der Waals surface area contributed by atoms with Crippen molar-refractivity contribution in [3.63, 3.8) is 0 Å². The Morgan fingerprint density at radius 1 is 1.20 bits per heavy atom. The standard InChI is InChI=1S/C13H12N2/c1-8-6-9(2)11-4-5-15-12(7-14)13(11)10(8)3/h4-6H,1-3H3. The molecule has 0 saturated carbocycles. The summed E-state index contributed by atoms with van der Waals surface area (Å²) >= 11 is 0. The Kier molecular flexibility index (Phi) is 2.17. The average Bonchev–Trinajstić information content (AvgIpc) is 2.25. The second-order valence-electron chi connectivity index (χ2n) is 3.83. The topological polar surface area (TPSA) is 36.7 Å². The molecule has 0 atom stereocenters. The number of pyridine rings is 1. The van der Waals surface area contributed by atoms with E-state index in [0.717, 1.165) is 16.3 Å². The minimum Gasteiger partial charge on any atom is -0.245 e. The van der Waals surface area contributed by atoms with Crippen LogP contribution in [-0.2, 0) is 0 Å². The molecule has 1 aromatic heterocycles. The molecule has 0 bridgehead atoms. The van der Waals surface area contributed by atoms with Gasteiger partial charge in [-0.15, -0.1) is 0 Å². The smallest absolute Gasteiger partial charge is 0.148 e. The van der Waals surface area contributed by atoms with Crippen LogP contribution in [0.2, 0.25) is 0 Å². The van der Waals surface area contributed by atoms with E-state index in [0.29, 0.717) is 5.69 Å². The Labute approximate surface area is 89.2 Å². The third-order valence-corrected chi connectivity index (χ3v) is 2.88. The number of rotatable bonds is 0. The minimum atomic E-state index is 0.525. The van der Waals surface area contributed by atoms with E-state index >= 15 is 0 Å². The maximum atomic E-state index is 9.03. The maximum Gasteiger partial charge on any atom is 0.148 e. The molecule has 0 aliphatic carbocycles. The van der Waals surface area contributed by atoms with Gasteiger partial charge in [-0.1, -0.05) is 6.07 Å². The molecule has 15 heavy (non-hydrogen) atoms. The SMILES string of the molecule is Cc1cc(C)c2ccnc(C#N)c2c1C. The van der Waals surface area contributed by atoms with Gasteiger partial charge in [-0.05, 0) is 48.9 Å². The number of hydrogen-bond donors (Lipinski definition) is 0. The van der Waals surface area contributed by atoms with Gasteiger partial charge < -0.3 is 0 Å². The third kappa shape index (κ3) is 1.37. The van der Waals surface area contributed by atoms with Crippen LogP contribution in [0.15, 0.2) is 18.3 Å². The van der Waals surface area contributed by atoms with Gasteiger partial charge in [0.15, 0.2) is 0 Å². The highest BCUT2D eigenvalue weighted by Gasteiger charge is 2.08. The van der Waals surface area contributed by atoms with Gasteiger partial charge in [-0.3, -0.25) is 0 Å². The molecule has 0 spiro atoms. The van der Waals surface area contributed by atoms with Crippen LogP contribution in [0, 0.1) is 32.1 Å². The van der Waals surface area contributed by atoms with Crippen molar-refractivity contribution in [2.24, 2.45) is 0 Å². The van der Waals surface area contributed by atoms with Crippen LogP contribution in [0.5, 0.6) is 0 Å². The van der Waals surface area contributed by atoms with E-state index in [4.69, 9.17) is 5.26 Å². The Hall–Kier alpha value is -1.88. The molecule has 0 radical (unpaired) electrons. The summed E-state index contributed by atoms with van der Waals surface area (Å²) in [4.78, 5) is 4.11. The van der Waals surface area contributed by atoms with Crippen LogP contribution >= 0.6 is 0 Å². The quantitative estimate of drug-likeness (QED) is 0.649. The number of nitriles is 1. The Morgan fingerprint density at radius 3 is 2.60 bits per heavy atom. The zero-order valence-corrected chi connectivity index (χ0v) is 9.13. The molecule has 2 heteroatoms. The molecule has 2 rings (SSSR count). The van der Waals surface area contributed by atoms with Gasteiger partial charge in [0.2, 0.25) is 0 Å². The fourth-order valence-corrected chi connectivity index (χ4v) is 1.96. The first-order valence-electron chi connectivity index (χ1n) is 4.90. The van der Waals surface area contributed by atoms with Crippen molar-refractivity contribution in [2.75, 3.05) is 0 Å². The van der Waals surface area contributed by atoms with Crippen LogP contribution < -0.4 is 0 Å². The van der Waals surface area contributed by atoms with E-state index in [-0.39, 0.29) is 0 Å². The zero-order valence-electron chi connectivity index (χ0n) is 9.13. The molecule has 2 nitrogen and oxygen atoms in total. The number of hydrogen-bond acceptors (Lipinski definition) is 2. The summed E-state index contributed by atoms with van der Waals surface area (Å²) in [5.74, 6) is 0. The van der Waals surface area contributed by atoms with E-state index < -0.39 is 0 Å². The van der Waals surface area contributed by atoms with Crippen LogP contribution in [0.1, 0.15) is 22.4 Å². The van der Waals surface area contributed by atoms with Gasteiger partial charge >= 0.3 is 0 Å². The highest BCUT2D eigenvalue weighted by atomic mass is 14.7. The largest absolute Gasteiger partial charge is 0.245 e. The molecule has 0 amide bonds. The van der Waals surface area contributed by atoms with Crippen molar-refractivity contribution in [3.8, 4) is 6.07 Å². The number of fused-ring (bicyclic) bond motifs is 1. The number of nitrogens with zero attached hydrogens (tertiary/aromatic N) is 2. The molecule has 1 aromatic carbocycles. The van der Waals surface area contributed by atoms with Crippen molar-refractivity contribution in [1.82, 2.24) is 4.98 Å². The summed E-state index contributed by atoms with van der Waals surface area (Å²) < 4.78 is 0. The van der Waals surface area contributed by atoms with E-state index in [1.165, 1.54) is 11.1 Å². The first kappa shape index (κ1) is 9.67. The molecule has 2 aromatic rings. The highest BCUT2D eigenvalue weighted by molar-refractivity contribution is 5.92. The van der Waals surface area contributed by atoms with Crippen molar-refractivity contribution in [2.45, 2.75) is 20.8 Å². The molecule has 0 saturated heterocycles. The molecular weight excluding hydrogens is 184 g/mol. The lowest BCUT2D eigenvalue weighted by Gasteiger charge is -2.09. The molecule has 0 aliphatic heterocycles. The molecule has 1 heterocycles. The number of aryl methyl sites for hydroxylation is 3. The minimum absolute atomic E-state index is 0.525. The summed E-state index contributed by atoms with van der Waals surface area (Å²) in [5.41, 5.74) is 4.09. The second-order valence-corrected chi connectivity index (χ2v) is 3.83. The predicted molar refractivity (Wildman–Crippen MR) is 60.7 cm³/mol.